The standard InChI is InChI=1S/C23H30N2O4.2ClH/c1-17(2)25-14-12-24(13-15-25)16-19-10-11-20(27-3)22(28-4)21(19)29-23(26)18-8-6-5-7-9-18;;/h5-11,17H,12-16H2,1-4H3;2*1H. The van der Waals surface area contributed by atoms with Crippen molar-refractivity contribution in [2.24, 2.45) is 0 Å². The SMILES string of the molecule is COc1ccc(CN2CCN(C(C)C)CC2)c(OC(=O)c2ccccc2)c1OC.Cl.Cl. The van der Waals surface area contributed by atoms with Crippen molar-refractivity contribution in [1.29, 1.82) is 0 Å². The largest absolute Gasteiger partial charge is 0.493 e. The molecule has 1 fully saturated rings. The average Bonchev–Trinajstić information content (AvgIpc) is 2.75. The van der Waals surface area contributed by atoms with Gasteiger partial charge in [-0.3, -0.25) is 9.80 Å². The number of piperazine rings is 1. The maximum absolute atomic E-state index is 12.7. The fraction of sp³-hybridized carbons (Fsp3) is 0.435. The van der Waals surface area contributed by atoms with E-state index in [9.17, 15) is 4.79 Å². The first-order valence-corrected chi connectivity index (χ1v) is 10.0. The van der Waals surface area contributed by atoms with E-state index in [1.165, 1.54) is 0 Å². The van der Waals surface area contributed by atoms with Crippen LogP contribution in [0.15, 0.2) is 42.5 Å². The van der Waals surface area contributed by atoms with E-state index in [0.717, 1.165) is 31.7 Å². The van der Waals surface area contributed by atoms with E-state index in [1.807, 2.05) is 30.3 Å². The fourth-order valence-corrected chi connectivity index (χ4v) is 3.58. The second-order valence-corrected chi connectivity index (χ2v) is 7.45. The molecule has 0 amide bonds. The van der Waals surface area contributed by atoms with Crippen LogP contribution in [-0.4, -0.2) is 62.2 Å². The predicted octanol–water partition coefficient (Wildman–Crippen LogP) is 4.29. The van der Waals surface area contributed by atoms with Gasteiger partial charge in [-0.2, -0.15) is 0 Å². The van der Waals surface area contributed by atoms with Crippen LogP contribution in [0.1, 0.15) is 29.8 Å². The van der Waals surface area contributed by atoms with E-state index < -0.39 is 5.97 Å². The Morgan fingerprint density at radius 3 is 2.10 bits per heavy atom. The highest BCUT2D eigenvalue weighted by atomic mass is 35.5. The molecule has 0 spiro atoms. The Kier molecular flexibility index (Phi) is 11.1. The van der Waals surface area contributed by atoms with E-state index in [2.05, 4.69) is 23.6 Å². The molecule has 0 bridgehead atoms. The van der Waals surface area contributed by atoms with Crippen molar-refractivity contribution in [3.8, 4) is 17.2 Å². The maximum Gasteiger partial charge on any atom is 0.343 e. The lowest BCUT2D eigenvalue weighted by Gasteiger charge is -2.37. The molecule has 2 aromatic rings. The molecule has 8 heteroatoms. The van der Waals surface area contributed by atoms with Crippen molar-refractivity contribution in [3.63, 3.8) is 0 Å². The normalized spacial score (nSPS) is 14.4. The Balaban J connectivity index is 0.00000240. The van der Waals surface area contributed by atoms with Gasteiger partial charge in [0.15, 0.2) is 11.5 Å². The van der Waals surface area contributed by atoms with Gasteiger partial charge in [-0.25, -0.2) is 4.79 Å². The first-order valence-electron chi connectivity index (χ1n) is 10.0. The minimum absolute atomic E-state index is 0. The van der Waals surface area contributed by atoms with Gasteiger partial charge in [0.2, 0.25) is 5.75 Å². The summed E-state index contributed by atoms with van der Waals surface area (Å²) in [7, 11) is 3.13. The monoisotopic (exact) mass is 470 g/mol. The summed E-state index contributed by atoms with van der Waals surface area (Å²) in [5.74, 6) is 0.988. The van der Waals surface area contributed by atoms with E-state index in [1.54, 1.807) is 26.4 Å². The average molecular weight is 471 g/mol. The second kappa shape index (κ2) is 12.8. The number of nitrogens with zero attached hydrogens (tertiary/aromatic N) is 2. The van der Waals surface area contributed by atoms with Gasteiger partial charge in [-0.05, 0) is 32.0 Å². The number of carbonyl (C=O) groups is 1. The first-order chi connectivity index (χ1) is 14.0. The molecule has 2 aromatic carbocycles. The van der Waals surface area contributed by atoms with E-state index in [4.69, 9.17) is 14.2 Å². The second-order valence-electron chi connectivity index (χ2n) is 7.45. The van der Waals surface area contributed by atoms with Crippen molar-refractivity contribution in [1.82, 2.24) is 9.80 Å². The molecule has 0 atom stereocenters. The summed E-state index contributed by atoms with van der Waals surface area (Å²) in [5.41, 5.74) is 1.40. The lowest BCUT2D eigenvalue weighted by Crippen LogP contribution is -2.48. The Morgan fingerprint density at radius 1 is 0.903 bits per heavy atom. The van der Waals surface area contributed by atoms with Gasteiger partial charge < -0.3 is 14.2 Å². The van der Waals surface area contributed by atoms with Crippen LogP contribution < -0.4 is 14.2 Å². The highest BCUT2D eigenvalue weighted by Crippen LogP contribution is 2.41. The zero-order valence-corrected chi connectivity index (χ0v) is 20.1. The third kappa shape index (κ3) is 6.74. The summed E-state index contributed by atoms with van der Waals surface area (Å²) in [6.45, 7) is 9.14. The number of halogens is 2. The summed E-state index contributed by atoms with van der Waals surface area (Å²) >= 11 is 0. The summed E-state index contributed by atoms with van der Waals surface area (Å²) in [4.78, 5) is 17.6. The Labute approximate surface area is 197 Å². The minimum atomic E-state index is -0.414. The molecule has 1 heterocycles. The molecular formula is C23H32Cl2N2O4. The third-order valence-electron chi connectivity index (χ3n) is 5.32. The molecule has 0 N–H and O–H groups in total. The number of hydrogen-bond donors (Lipinski definition) is 0. The van der Waals surface area contributed by atoms with Gasteiger partial charge in [0, 0.05) is 44.3 Å². The summed E-state index contributed by atoms with van der Waals surface area (Å²) in [6, 6.07) is 13.3. The number of rotatable bonds is 7. The lowest BCUT2D eigenvalue weighted by molar-refractivity contribution is 0.0721. The third-order valence-corrected chi connectivity index (χ3v) is 5.32. The van der Waals surface area contributed by atoms with Crippen molar-refractivity contribution < 1.29 is 19.0 Å². The van der Waals surface area contributed by atoms with Crippen LogP contribution >= 0.6 is 24.8 Å². The quantitative estimate of drug-likeness (QED) is 0.444. The van der Waals surface area contributed by atoms with Crippen LogP contribution in [-0.2, 0) is 6.54 Å². The van der Waals surface area contributed by atoms with Crippen LogP contribution in [0.2, 0.25) is 0 Å². The number of methoxy groups -OCH3 is 2. The smallest absolute Gasteiger partial charge is 0.343 e. The van der Waals surface area contributed by atoms with Crippen molar-refractivity contribution in [2.45, 2.75) is 26.4 Å². The molecule has 0 saturated carbocycles. The molecular weight excluding hydrogens is 439 g/mol. The minimum Gasteiger partial charge on any atom is -0.493 e. The topological polar surface area (TPSA) is 51.2 Å². The Hall–Kier alpha value is -1.99. The van der Waals surface area contributed by atoms with Crippen LogP contribution in [0, 0.1) is 0 Å². The molecule has 31 heavy (non-hydrogen) atoms. The van der Waals surface area contributed by atoms with Crippen molar-refractivity contribution in [3.05, 3.63) is 53.6 Å². The molecule has 6 nitrogen and oxygen atoms in total. The molecule has 0 radical (unpaired) electrons. The van der Waals surface area contributed by atoms with Gasteiger partial charge in [-0.15, -0.1) is 24.8 Å². The van der Waals surface area contributed by atoms with Crippen LogP contribution in [0.4, 0.5) is 0 Å². The Bertz CT molecular complexity index is 826. The number of ether oxygens (including phenoxy) is 3. The molecule has 0 unspecified atom stereocenters. The van der Waals surface area contributed by atoms with Crippen molar-refractivity contribution in [2.75, 3.05) is 40.4 Å². The van der Waals surface area contributed by atoms with Gasteiger partial charge >= 0.3 is 5.97 Å². The molecule has 1 aliphatic rings. The molecule has 0 aliphatic carbocycles. The molecule has 172 valence electrons. The van der Waals surface area contributed by atoms with Gasteiger partial charge in [-0.1, -0.05) is 24.3 Å². The van der Waals surface area contributed by atoms with E-state index in [-0.39, 0.29) is 24.8 Å². The predicted molar refractivity (Wildman–Crippen MR) is 127 cm³/mol. The zero-order chi connectivity index (χ0) is 20.8. The van der Waals surface area contributed by atoms with E-state index >= 15 is 0 Å². The number of esters is 1. The summed E-state index contributed by atoms with van der Waals surface area (Å²) < 4.78 is 16.8. The molecule has 3 rings (SSSR count). The van der Waals surface area contributed by atoms with Crippen LogP contribution in [0.5, 0.6) is 17.2 Å². The summed E-state index contributed by atoms with van der Waals surface area (Å²) in [5, 5.41) is 0. The number of hydrogen-bond acceptors (Lipinski definition) is 6. The zero-order valence-electron chi connectivity index (χ0n) is 18.5. The Morgan fingerprint density at radius 2 is 1.55 bits per heavy atom. The summed E-state index contributed by atoms with van der Waals surface area (Å²) in [6.07, 6.45) is 0. The highest BCUT2D eigenvalue weighted by Gasteiger charge is 2.24. The van der Waals surface area contributed by atoms with Crippen LogP contribution in [0.3, 0.4) is 0 Å². The van der Waals surface area contributed by atoms with Crippen molar-refractivity contribution >= 4 is 30.8 Å². The number of carbonyl (C=O) groups excluding carboxylic acids is 1. The van der Waals surface area contributed by atoms with Gasteiger partial charge in [0.1, 0.15) is 0 Å². The van der Waals surface area contributed by atoms with Crippen LogP contribution in [0.25, 0.3) is 0 Å². The molecule has 1 aliphatic heterocycles. The highest BCUT2D eigenvalue weighted by molar-refractivity contribution is 5.91. The first kappa shape index (κ1) is 27.0. The molecule has 0 aromatic heterocycles. The fourth-order valence-electron chi connectivity index (χ4n) is 3.58. The maximum atomic E-state index is 12.7. The van der Waals surface area contributed by atoms with Gasteiger partial charge in [0.05, 0.1) is 19.8 Å². The van der Waals surface area contributed by atoms with E-state index in [0.29, 0.717) is 35.4 Å². The van der Waals surface area contributed by atoms with Gasteiger partial charge in [0.25, 0.3) is 0 Å². The lowest BCUT2D eigenvalue weighted by atomic mass is 10.1. The number of benzene rings is 2. The molecule has 1 saturated heterocycles.